The molecule has 0 radical (unpaired) electrons. The summed E-state index contributed by atoms with van der Waals surface area (Å²) in [5.41, 5.74) is 0.938. The zero-order valence-corrected chi connectivity index (χ0v) is 19.4. The third-order valence-corrected chi connectivity index (χ3v) is 4.72. The van der Waals surface area contributed by atoms with Crippen molar-refractivity contribution in [2.45, 2.75) is 33.1 Å². The number of ether oxygens (including phenoxy) is 2. The highest BCUT2D eigenvalue weighted by Gasteiger charge is 2.16. The number of methoxy groups -OCH3 is 1. The average molecular weight is 490 g/mol. The zero-order chi connectivity index (χ0) is 18.8. The van der Waals surface area contributed by atoms with Crippen molar-refractivity contribution < 1.29 is 9.47 Å². The van der Waals surface area contributed by atoms with E-state index < -0.39 is 0 Å². The van der Waals surface area contributed by atoms with Gasteiger partial charge in [-0.15, -0.1) is 24.0 Å². The van der Waals surface area contributed by atoms with Crippen molar-refractivity contribution in [3.05, 3.63) is 18.2 Å². The van der Waals surface area contributed by atoms with Gasteiger partial charge in [0, 0.05) is 24.8 Å². The van der Waals surface area contributed by atoms with Crippen LogP contribution in [-0.2, 0) is 0 Å². The minimum atomic E-state index is 0. The smallest absolute Gasteiger partial charge is 0.195 e. The molecule has 0 aromatic heterocycles. The van der Waals surface area contributed by atoms with Gasteiger partial charge in [0.1, 0.15) is 0 Å². The Labute approximate surface area is 181 Å². The second-order valence-corrected chi connectivity index (χ2v) is 6.72. The molecular weight excluding hydrogens is 455 g/mol. The third kappa shape index (κ3) is 8.13. The first-order chi connectivity index (χ1) is 12.7. The van der Waals surface area contributed by atoms with Crippen LogP contribution in [0.2, 0.25) is 0 Å². The highest BCUT2D eigenvalue weighted by Crippen LogP contribution is 2.30. The van der Waals surface area contributed by atoms with E-state index in [9.17, 15) is 0 Å². The molecule has 27 heavy (non-hydrogen) atoms. The maximum atomic E-state index is 5.65. The Morgan fingerprint density at radius 2 is 1.96 bits per heavy atom. The number of hydrogen-bond donors (Lipinski definition) is 2. The fourth-order valence-corrected chi connectivity index (χ4v) is 3.18. The van der Waals surface area contributed by atoms with Gasteiger partial charge in [0.05, 0.1) is 13.7 Å². The lowest BCUT2D eigenvalue weighted by atomic mass is 9.94. The largest absolute Gasteiger partial charge is 0.493 e. The molecule has 1 aromatic carbocycles. The predicted molar refractivity (Wildman–Crippen MR) is 124 cm³/mol. The van der Waals surface area contributed by atoms with Crippen LogP contribution in [0.1, 0.15) is 33.1 Å². The Balaban J connectivity index is 0.00000364. The number of rotatable bonds is 8. The normalized spacial score (nSPS) is 15.8. The van der Waals surface area contributed by atoms with Crippen molar-refractivity contribution in [2.24, 2.45) is 10.9 Å². The van der Waals surface area contributed by atoms with E-state index in [2.05, 4.69) is 29.5 Å². The number of piperidine rings is 1. The molecule has 0 atom stereocenters. The number of hydrogen-bond acceptors (Lipinski definition) is 4. The summed E-state index contributed by atoms with van der Waals surface area (Å²) in [6, 6.07) is 5.84. The van der Waals surface area contributed by atoms with Crippen LogP contribution in [0.3, 0.4) is 0 Å². The summed E-state index contributed by atoms with van der Waals surface area (Å²) < 4.78 is 11.0. The molecular formula is C20H35IN4O2. The molecule has 2 N–H and O–H groups in total. The monoisotopic (exact) mass is 490 g/mol. The number of anilines is 1. The van der Waals surface area contributed by atoms with Crippen LogP contribution in [0.5, 0.6) is 11.5 Å². The van der Waals surface area contributed by atoms with Gasteiger partial charge in [-0.05, 0) is 71.3 Å². The summed E-state index contributed by atoms with van der Waals surface area (Å²) in [5.74, 6) is 3.08. The SMILES string of the molecule is CCNC(=NCCC1CCN(C)CC1)Nc1ccc(OC)c(OCC)c1.I. The van der Waals surface area contributed by atoms with E-state index in [0.29, 0.717) is 6.61 Å². The quantitative estimate of drug-likeness (QED) is 0.330. The number of benzene rings is 1. The molecule has 1 heterocycles. The molecule has 1 fully saturated rings. The van der Waals surface area contributed by atoms with Crippen LogP contribution in [0.4, 0.5) is 5.69 Å². The third-order valence-electron chi connectivity index (χ3n) is 4.72. The minimum absolute atomic E-state index is 0. The van der Waals surface area contributed by atoms with Crippen molar-refractivity contribution in [2.75, 3.05) is 52.3 Å². The van der Waals surface area contributed by atoms with Crippen molar-refractivity contribution in [1.29, 1.82) is 0 Å². The molecule has 0 saturated carbocycles. The van der Waals surface area contributed by atoms with Crippen LogP contribution < -0.4 is 20.1 Å². The standard InChI is InChI=1S/C20H34N4O2.HI/c1-5-21-20(22-12-9-16-10-13-24(3)14-11-16)23-17-7-8-18(25-4)19(15-17)26-6-2;/h7-8,15-16H,5-6,9-14H2,1-4H3,(H2,21,22,23);1H. The van der Waals surface area contributed by atoms with Gasteiger partial charge in [-0.1, -0.05) is 0 Å². The van der Waals surface area contributed by atoms with Crippen LogP contribution in [0, 0.1) is 5.92 Å². The van der Waals surface area contributed by atoms with Crippen molar-refractivity contribution in [3.8, 4) is 11.5 Å². The fourth-order valence-electron chi connectivity index (χ4n) is 3.18. The number of nitrogens with zero attached hydrogens (tertiary/aromatic N) is 2. The topological polar surface area (TPSA) is 58.1 Å². The lowest BCUT2D eigenvalue weighted by Crippen LogP contribution is -2.32. The summed E-state index contributed by atoms with van der Waals surface area (Å²) >= 11 is 0. The van der Waals surface area contributed by atoms with Crippen LogP contribution in [0.25, 0.3) is 0 Å². The van der Waals surface area contributed by atoms with Crippen LogP contribution in [-0.4, -0.2) is 57.8 Å². The van der Waals surface area contributed by atoms with Gasteiger partial charge in [0.2, 0.25) is 0 Å². The second-order valence-electron chi connectivity index (χ2n) is 6.72. The molecule has 7 heteroatoms. The van der Waals surface area contributed by atoms with Gasteiger partial charge in [-0.25, -0.2) is 0 Å². The molecule has 0 amide bonds. The molecule has 0 aliphatic carbocycles. The van der Waals surface area contributed by atoms with Gasteiger partial charge in [-0.2, -0.15) is 0 Å². The number of halogens is 1. The number of aliphatic imine (C=N–C) groups is 1. The van der Waals surface area contributed by atoms with E-state index in [1.54, 1.807) is 7.11 Å². The first-order valence-electron chi connectivity index (χ1n) is 9.71. The molecule has 2 rings (SSSR count). The molecule has 1 aliphatic rings. The van der Waals surface area contributed by atoms with E-state index in [1.807, 2.05) is 25.1 Å². The number of guanidine groups is 1. The molecule has 0 spiro atoms. The first-order valence-corrected chi connectivity index (χ1v) is 9.71. The highest BCUT2D eigenvalue weighted by molar-refractivity contribution is 14.0. The second kappa shape index (κ2) is 13.0. The van der Waals surface area contributed by atoms with Crippen molar-refractivity contribution in [3.63, 3.8) is 0 Å². The predicted octanol–water partition coefficient (Wildman–Crippen LogP) is 3.82. The fraction of sp³-hybridized carbons (Fsp3) is 0.650. The molecule has 0 unspecified atom stereocenters. The number of likely N-dealkylation sites (tertiary alicyclic amines) is 1. The lowest BCUT2D eigenvalue weighted by molar-refractivity contribution is 0.214. The van der Waals surface area contributed by atoms with Gasteiger partial charge in [0.15, 0.2) is 17.5 Å². The maximum absolute atomic E-state index is 5.65. The molecule has 1 aromatic rings. The zero-order valence-electron chi connectivity index (χ0n) is 17.1. The highest BCUT2D eigenvalue weighted by atomic mass is 127. The Kier molecular flexibility index (Phi) is 11.5. The molecule has 0 bridgehead atoms. The molecule has 1 aliphatic heterocycles. The maximum Gasteiger partial charge on any atom is 0.195 e. The van der Waals surface area contributed by atoms with Gasteiger partial charge >= 0.3 is 0 Å². The molecule has 6 nitrogen and oxygen atoms in total. The summed E-state index contributed by atoms with van der Waals surface area (Å²) in [4.78, 5) is 7.16. The van der Waals surface area contributed by atoms with E-state index >= 15 is 0 Å². The van der Waals surface area contributed by atoms with Crippen molar-refractivity contribution >= 4 is 35.6 Å². The Morgan fingerprint density at radius 1 is 1.22 bits per heavy atom. The van der Waals surface area contributed by atoms with Crippen LogP contribution >= 0.6 is 24.0 Å². The first kappa shape index (κ1) is 23.8. The Morgan fingerprint density at radius 3 is 2.59 bits per heavy atom. The van der Waals surface area contributed by atoms with E-state index in [0.717, 1.165) is 48.6 Å². The van der Waals surface area contributed by atoms with Gasteiger partial charge in [-0.3, -0.25) is 4.99 Å². The van der Waals surface area contributed by atoms with E-state index in [1.165, 1.54) is 25.9 Å². The Bertz CT molecular complexity index is 575. The summed E-state index contributed by atoms with van der Waals surface area (Å²) in [5, 5.41) is 6.68. The summed E-state index contributed by atoms with van der Waals surface area (Å²) in [6.45, 7) is 8.73. The van der Waals surface area contributed by atoms with Crippen molar-refractivity contribution in [1.82, 2.24) is 10.2 Å². The molecule has 1 saturated heterocycles. The minimum Gasteiger partial charge on any atom is -0.493 e. The molecule has 154 valence electrons. The average Bonchev–Trinajstić information content (AvgIpc) is 2.64. The Hall–Kier alpha value is -1.22. The van der Waals surface area contributed by atoms with E-state index in [4.69, 9.17) is 14.5 Å². The van der Waals surface area contributed by atoms with Gasteiger partial charge < -0.3 is 25.0 Å². The van der Waals surface area contributed by atoms with E-state index in [-0.39, 0.29) is 24.0 Å². The van der Waals surface area contributed by atoms with Crippen LogP contribution in [0.15, 0.2) is 23.2 Å². The summed E-state index contributed by atoms with van der Waals surface area (Å²) in [7, 11) is 3.85. The summed E-state index contributed by atoms with van der Waals surface area (Å²) in [6.07, 6.45) is 3.72. The lowest BCUT2D eigenvalue weighted by Gasteiger charge is -2.28. The number of nitrogens with one attached hydrogen (secondary N) is 2. The van der Waals surface area contributed by atoms with Gasteiger partial charge in [0.25, 0.3) is 0 Å².